The van der Waals surface area contributed by atoms with Crippen LogP contribution in [0.25, 0.3) is 0 Å². The minimum Gasteiger partial charge on any atom is -0.378 e. The van der Waals surface area contributed by atoms with Gasteiger partial charge in [-0.3, -0.25) is 4.79 Å². The Labute approximate surface area is 67.8 Å². The smallest absolute Gasteiger partial charge is 0.250 e. The fraction of sp³-hybridized carbons (Fsp3) is 0.143. The fourth-order valence-electron chi connectivity index (χ4n) is 0.713. The number of aliphatic hydroxyl groups excluding tert-OH is 1. The predicted molar refractivity (Wildman–Crippen MR) is 38.3 cm³/mol. The number of pyridine rings is 1. The number of nitrogens with two attached hydrogens (primary N) is 1. The Bertz CT molecular complexity index is 286. The number of aromatic nitrogens is 1. The molecule has 3 N–H and O–H groups in total. The first kappa shape index (κ1) is 8.61. The zero-order chi connectivity index (χ0) is 9.14. The Morgan fingerprint density at radius 3 is 2.75 bits per heavy atom. The number of hydrogen-bond acceptors (Lipinski definition) is 3. The summed E-state index contributed by atoms with van der Waals surface area (Å²) in [5, 5.41) is 9.05. The molecule has 1 unspecified atom stereocenters. The maximum Gasteiger partial charge on any atom is 0.250 e. The number of halogens is 1. The van der Waals surface area contributed by atoms with Crippen LogP contribution >= 0.6 is 0 Å². The standard InChI is InChI=1S/C7H7FN2O2/c8-5-2-1-4(3-10-5)6(11)7(9)12/h1-3,6,11H,(H2,9,12). The highest BCUT2D eigenvalue weighted by Gasteiger charge is 2.13. The summed E-state index contributed by atoms with van der Waals surface area (Å²) in [7, 11) is 0. The number of amides is 1. The highest BCUT2D eigenvalue weighted by Crippen LogP contribution is 2.10. The first-order chi connectivity index (χ1) is 5.61. The Morgan fingerprint density at radius 2 is 2.33 bits per heavy atom. The van der Waals surface area contributed by atoms with Gasteiger partial charge >= 0.3 is 0 Å². The summed E-state index contributed by atoms with van der Waals surface area (Å²) in [6.45, 7) is 0. The molecule has 64 valence electrons. The monoisotopic (exact) mass is 170 g/mol. The molecule has 0 spiro atoms. The van der Waals surface area contributed by atoms with Gasteiger partial charge < -0.3 is 10.8 Å². The van der Waals surface area contributed by atoms with Crippen molar-refractivity contribution < 1.29 is 14.3 Å². The van der Waals surface area contributed by atoms with Crippen LogP contribution in [-0.4, -0.2) is 16.0 Å². The average molecular weight is 170 g/mol. The van der Waals surface area contributed by atoms with E-state index in [9.17, 15) is 9.18 Å². The van der Waals surface area contributed by atoms with Crippen LogP contribution in [0.4, 0.5) is 4.39 Å². The van der Waals surface area contributed by atoms with E-state index < -0.39 is 18.0 Å². The van der Waals surface area contributed by atoms with Gasteiger partial charge in [-0.05, 0) is 12.1 Å². The van der Waals surface area contributed by atoms with Crippen LogP contribution in [0.15, 0.2) is 18.3 Å². The molecule has 0 aliphatic heterocycles. The number of aliphatic hydroxyl groups is 1. The third-order valence-electron chi connectivity index (χ3n) is 1.34. The van der Waals surface area contributed by atoms with E-state index in [2.05, 4.69) is 4.98 Å². The van der Waals surface area contributed by atoms with Gasteiger partial charge in [0.1, 0.15) is 0 Å². The van der Waals surface area contributed by atoms with Crippen molar-refractivity contribution in [3.8, 4) is 0 Å². The van der Waals surface area contributed by atoms with Crippen LogP contribution in [0.5, 0.6) is 0 Å². The van der Waals surface area contributed by atoms with E-state index in [0.29, 0.717) is 0 Å². The molecule has 5 heteroatoms. The lowest BCUT2D eigenvalue weighted by Crippen LogP contribution is -2.20. The summed E-state index contributed by atoms with van der Waals surface area (Å²) in [5.74, 6) is -1.56. The predicted octanol–water partition coefficient (Wildman–Crippen LogP) is -0.261. The second-order valence-electron chi connectivity index (χ2n) is 2.22. The van der Waals surface area contributed by atoms with Crippen molar-refractivity contribution in [2.24, 2.45) is 5.73 Å². The molecule has 12 heavy (non-hydrogen) atoms. The molecule has 0 aromatic carbocycles. The second-order valence-corrected chi connectivity index (χ2v) is 2.22. The molecule has 0 fully saturated rings. The molecule has 0 saturated heterocycles. The van der Waals surface area contributed by atoms with Crippen LogP contribution in [0.1, 0.15) is 11.7 Å². The van der Waals surface area contributed by atoms with Crippen LogP contribution in [0.3, 0.4) is 0 Å². The Kier molecular flexibility index (Phi) is 2.35. The van der Waals surface area contributed by atoms with Gasteiger partial charge in [-0.25, -0.2) is 4.98 Å². The maximum absolute atomic E-state index is 12.2. The minimum atomic E-state index is -1.42. The Balaban J connectivity index is 2.89. The average Bonchev–Trinajstić information content (AvgIpc) is 2.04. The number of hydrogen-bond donors (Lipinski definition) is 2. The summed E-state index contributed by atoms with van der Waals surface area (Å²) in [6, 6.07) is 2.29. The van der Waals surface area contributed by atoms with Crippen LogP contribution in [0, 0.1) is 5.95 Å². The third-order valence-corrected chi connectivity index (χ3v) is 1.34. The SMILES string of the molecule is NC(=O)C(O)c1ccc(F)nc1. The van der Waals surface area contributed by atoms with Gasteiger partial charge in [-0.1, -0.05) is 0 Å². The topological polar surface area (TPSA) is 76.2 Å². The molecule has 1 heterocycles. The quantitative estimate of drug-likeness (QED) is 0.600. The number of nitrogens with zero attached hydrogens (tertiary/aromatic N) is 1. The lowest BCUT2D eigenvalue weighted by atomic mass is 10.1. The van der Waals surface area contributed by atoms with Crippen molar-refractivity contribution in [2.75, 3.05) is 0 Å². The number of rotatable bonds is 2. The zero-order valence-corrected chi connectivity index (χ0v) is 6.07. The molecule has 0 aliphatic carbocycles. The minimum absolute atomic E-state index is 0.184. The van der Waals surface area contributed by atoms with Crippen molar-refractivity contribution in [2.45, 2.75) is 6.10 Å². The fourth-order valence-corrected chi connectivity index (χ4v) is 0.713. The molecule has 0 saturated carbocycles. The van der Waals surface area contributed by atoms with Crippen molar-refractivity contribution in [1.29, 1.82) is 0 Å². The molecular weight excluding hydrogens is 163 g/mol. The van der Waals surface area contributed by atoms with Gasteiger partial charge in [0.2, 0.25) is 5.95 Å². The molecule has 1 amide bonds. The van der Waals surface area contributed by atoms with Crippen molar-refractivity contribution in [1.82, 2.24) is 4.98 Å². The summed E-state index contributed by atoms with van der Waals surface area (Å²) >= 11 is 0. The van der Waals surface area contributed by atoms with Gasteiger partial charge in [0, 0.05) is 11.8 Å². The van der Waals surface area contributed by atoms with Gasteiger partial charge in [0.25, 0.3) is 5.91 Å². The summed E-state index contributed by atoms with van der Waals surface area (Å²) in [4.78, 5) is 13.7. The first-order valence-corrected chi connectivity index (χ1v) is 3.20. The molecule has 0 bridgehead atoms. The van der Waals surface area contributed by atoms with E-state index in [0.717, 1.165) is 12.3 Å². The van der Waals surface area contributed by atoms with Gasteiger partial charge in [0.05, 0.1) is 0 Å². The summed E-state index contributed by atoms with van der Waals surface area (Å²) in [5.41, 5.74) is 4.98. The lowest BCUT2D eigenvalue weighted by molar-refractivity contribution is -0.126. The van der Waals surface area contributed by atoms with Crippen molar-refractivity contribution in [3.63, 3.8) is 0 Å². The van der Waals surface area contributed by atoms with Crippen molar-refractivity contribution >= 4 is 5.91 Å². The number of carbonyl (C=O) groups is 1. The van der Waals surface area contributed by atoms with Crippen LogP contribution in [0.2, 0.25) is 0 Å². The highest BCUT2D eigenvalue weighted by molar-refractivity contribution is 5.79. The van der Waals surface area contributed by atoms with E-state index in [4.69, 9.17) is 10.8 Å². The third kappa shape index (κ3) is 1.76. The summed E-state index contributed by atoms with van der Waals surface area (Å²) < 4.78 is 12.2. The molecule has 1 rings (SSSR count). The normalized spacial score (nSPS) is 12.5. The maximum atomic E-state index is 12.2. The van der Waals surface area contributed by atoms with E-state index in [-0.39, 0.29) is 5.56 Å². The zero-order valence-electron chi connectivity index (χ0n) is 6.07. The Hall–Kier alpha value is -1.49. The van der Waals surface area contributed by atoms with Crippen LogP contribution < -0.4 is 5.73 Å². The summed E-state index contributed by atoms with van der Waals surface area (Å²) in [6.07, 6.45) is -0.358. The molecule has 1 aromatic rings. The van der Waals surface area contributed by atoms with E-state index in [1.165, 1.54) is 6.07 Å². The molecule has 0 aliphatic rings. The molecule has 1 aromatic heterocycles. The van der Waals surface area contributed by atoms with Crippen LogP contribution in [-0.2, 0) is 4.79 Å². The first-order valence-electron chi connectivity index (χ1n) is 3.20. The van der Waals surface area contributed by atoms with Gasteiger partial charge in [-0.15, -0.1) is 0 Å². The highest BCUT2D eigenvalue weighted by atomic mass is 19.1. The lowest BCUT2D eigenvalue weighted by Gasteiger charge is -2.04. The van der Waals surface area contributed by atoms with E-state index in [1.807, 2.05) is 0 Å². The van der Waals surface area contributed by atoms with Gasteiger partial charge in [0.15, 0.2) is 6.10 Å². The number of primary amides is 1. The second kappa shape index (κ2) is 3.27. The Morgan fingerprint density at radius 1 is 1.67 bits per heavy atom. The molecule has 0 radical (unpaired) electrons. The molecule has 4 nitrogen and oxygen atoms in total. The molecular formula is C7H7FN2O2. The van der Waals surface area contributed by atoms with E-state index >= 15 is 0 Å². The van der Waals surface area contributed by atoms with Crippen molar-refractivity contribution in [3.05, 3.63) is 29.8 Å². The number of carbonyl (C=O) groups excluding carboxylic acids is 1. The molecule has 1 atom stereocenters. The van der Waals surface area contributed by atoms with E-state index in [1.54, 1.807) is 0 Å². The van der Waals surface area contributed by atoms with Gasteiger partial charge in [-0.2, -0.15) is 4.39 Å². The largest absolute Gasteiger partial charge is 0.378 e.